The summed E-state index contributed by atoms with van der Waals surface area (Å²) in [4.78, 5) is 14.4. The Labute approximate surface area is 59.9 Å². The second kappa shape index (κ2) is 11.2. The molecule has 0 aromatic rings. The molecule has 70 valence electrons. The average Bonchev–Trinajstić information content (AvgIpc) is 1.80. The summed E-state index contributed by atoms with van der Waals surface area (Å²) in [6, 6.07) is 0. The van der Waals surface area contributed by atoms with Gasteiger partial charge in [-0.1, -0.05) is 13.3 Å². The zero-order chi connectivity index (χ0) is 7.11. The minimum absolute atomic E-state index is 0. The molecule has 0 spiro atoms. The van der Waals surface area contributed by atoms with Crippen LogP contribution in [0.5, 0.6) is 0 Å². The molecule has 0 aromatic carbocycles. The molecule has 0 aliphatic carbocycles. The van der Waals surface area contributed by atoms with Gasteiger partial charge in [0.15, 0.2) is 0 Å². The van der Waals surface area contributed by atoms with E-state index in [0.29, 0.717) is 6.54 Å². The molecule has 0 heterocycles. The predicted octanol–water partition coefficient (Wildman–Crippen LogP) is 0.881. The van der Waals surface area contributed by atoms with Crippen LogP contribution in [-0.4, -0.2) is 17.6 Å². The van der Waals surface area contributed by atoms with Gasteiger partial charge >= 0.3 is 0 Å². The summed E-state index contributed by atoms with van der Waals surface area (Å²) < 4.78 is 0. The normalized spacial score (nSPS) is 7.73. The summed E-state index contributed by atoms with van der Waals surface area (Å²) in [5, 5.41) is 8.07. The van der Waals surface area contributed by atoms with Gasteiger partial charge in [-0.05, 0) is 0 Å². The number of rotatable bonds is 5. The van der Waals surface area contributed by atoms with E-state index in [1.165, 1.54) is 6.61 Å². The molecule has 0 unspecified atom stereocenters. The Kier molecular flexibility index (Phi) is 16.4. The Morgan fingerprint density at radius 1 is 1.73 bits per heavy atom. The first-order valence-electron chi connectivity index (χ1n) is 2.69. The molecule has 11 heavy (non-hydrogen) atoms. The second-order valence-corrected chi connectivity index (χ2v) is 1.38. The van der Waals surface area contributed by atoms with E-state index in [1.807, 2.05) is 6.92 Å². The minimum atomic E-state index is -0.895. The van der Waals surface area contributed by atoms with Crippen molar-refractivity contribution in [2.24, 2.45) is 0 Å². The molecule has 0 saturated carbocycles. The molecule has 0 fully saturated rings. The monoisotopic (exact) mass is 391 g/mol. The molecule has 0 saturated heterocycles. The molecular formula is C5H12CmN2O3-2. The fraction of sp³-hybridized carbons (Fsp3) is 0.600. The number of hydrogen-bond donors (Lipinski definition) is 2. The maximum absolute atomic E-state index is 9.82. The quantitative estimate of drug-likeness (QED) is 0.411. The van der Waals surface area contributed by atoms with Crippen molar-refractivity contribution in [1.29, 1.82) is 0 Å². The van der Waals surface area contributed by atoms with Crippen molar-refractivity contribution in [2.45, 2.75) is 13.3 Å². The van der Waals surface area contributed by atoms with E-state index in [1.54, 1.807) is 0 Å². The van der Waals surface area contributed by atoms with Gasteiger partial charge < -0.3 is 16.1 Å². The Morgan fingerprint density at radius 2 is 2.27 bits per heavy atom. The first kappa shape index (κ1) is 16.2. The fourth-order valence-electron chi connectivity index (χ4n) is 0.255. The topological polar surface area (TPSA) is 92.1 Å². The van der Waals surface area contributed by atoms with Gasteiger partial charge in [0.2, 0.25) is 0 Å². The Balaban J connectivity index is -0.000000320. The Morgan fingerprint density at radius 3 is 2.64 bits per heavy atom. The number of carboxylic acid groups (broad SMARTS) is 1. The SMILES string of the molecule is CCNO[CH-]CC(=O)O.[Cm].[NH2-]. The van der Waals surface area contributed by atoms with Gasteiger partial charge in [-0.3, -0.25) is 4.79 Å². The van der Waals surface area contributed by atoms with Crippen LogP contribution in [-0.2, 0) is 9.63 Å². The molecular weight excluding hydrogens is 383 g/mol. The van der Waals surface area contributed by atoms with Crippen LogP contribution >= 0.6 is 0 Å². The number of carbonyl (C=O) groups is 1. The third-order valence-corrected chi connectivity index (χ3v) is 0.569. The third-order valence-electron chi connectivity index (χ3n) is 0.569. The first-order valence-corrected chi connectivity index (χ1v) is 2.69. The Bertz CT molecular complexity index is 91.8. The van der Waals surface area contributed by atoms with Crippen molar-refractivity contribution in [3.05, 3.63) is 12.8 Å². The zero-order valence-electron chi connectivity index (χ0n) is 6.19. The third kappa shape index (κ3) is 17.8. The molecule has 0 atom stereocenters. The van der Waals surface area contributed by atoms with Gasteiger partial charge in [0.25, 0.3) is 5.97 Å². The zero-order valence-corrected chi connectivity index (χ0v) is 9.13. The van der Waals surface area contributed by atoms with Crippen molar-refractivity contribution in [3.63, 3.8) is 0 Å². The number of aliphatic carboxylic acids is 1. The van der Waals surface area contributed by atoms with Crippen molar-refractivity contribution in [1.82, 2.24) is 5.48 Å². The summed E-state index contributed by atoms with van der Waals surface area (Å²) in [5.74, 6) is -0.895. The minimum Gasteiger partial charge on any atom is -0.693 e. The van der Waals surface area contributed by atoms with Crippen LogP contribution in [0.4, 0.5) is 0 Å². The molecule has 0 aliphatic heterocycles. The largest absolute Gasteiger partial charge is 0.693 e. The van der Waals surface area contributed by atoms with E-state index < -0.39 is 5.97 Å². The van der Waals surface area contributed by atoms with Gasteiger partial charge in [-0.15, -0.1) is 0 Å². The molecule has 6 heteroatoms. The smallest absolute Gasteiger partial charge is 0.275 e. The number of nitrogens with two attached hydrogens (primary N) is 1. The van der Waals surface area contributed by atoms with E-state index in [-0.39, 0.29) is 12.6 Å². The van der Waals surface area contributed by atoms with Gasteiger partial charge in [-0.25, -0.2) is 5.48 Å². The molecule has 0 rings (SSSR count). The van der Waals surface area contributed by atoms with Crippen LogP contribution in [0.2, 0.25) is 0 Å². The van der Waals surface area contributed by atoms with Crippen LogP contribution < -0.4 is 5.48 Å². The summed E-state index contributed by atoms with van der Waals surface area (Å²) in [5.41, 5.74) is 2.48. The molecule has 0 radical (unpaired) electrons. The van der Waals surface area contributed by atoms with Gasteiger partial charge in [0.1, 0.15) is 0 Å². The fourth-order valence-corrected chi connectivity index (χ4v) is 0.255. The van der Waals surface area contributed by atoms with E-state index >= 15 is 0 Å². The first-order chi connectivity index (χ1) is 4.27. The average molecular weight is 395 g/mol. The molecule has 4 N–H and O–H groups in total. The van der Waals surface area contributed by atoms with Crippen LogP contribution in [0, 0.1) is 6.61 Å². The van der Waals surface area contributed by atoms with Crippen LogP contribution in [0.25, 0.3) is 6.15 Å². The summed E-state index contributed by atoms with van der Waals surface area (Å²) in [6.07, 6.45) is -0.0764. The van der Waals surface area contributed by atoms with Gasteiger partial charge in [0.05, 0.1) is 0 Å². The second-order valence-electron chi connectivity index (χ2n) is 1.38. The maximum atomic E-state index is 9.82. The molecule has 0 bridgehead atoms. The Hall–Kier alpha value is -1.65. The number of carboxylic acids is 1. The van der Waals surface area contributed by atoms with Crippen molar-refractivity contribution in [2.75, 3.05) is 6.54 Å². The number of nitrogens with one attached hydrogen (secondary N) is 1. The predicted molar refractivity (Wildman–Crippen MR) is 36.6 cm³/mol. The van der Waals surface area contributed by atoms with Gasteiger partial charge in [0, 0.05) is 6.54 Å². The van der Waals surface area contributed by atoms with Gasteiger partial charge in [-0.2, -0.15) is 6.61 Å². The summed E-state index contributed by atoms with van der Waals surface area (Å²) in [6.45, 7) is 3.72. The molecule has 0 aromatic heterocycles. The standard InChI is InChI=1S/C5H10NO3.Cm.H2N/c1-2-6-9-4-3-5(7)8;;/h4,6H,2-3H2,1H3,(H,7,8);;1H2/q-1;;-1. The van der Waals surface area contributed by atoms with E-state index in [0.717, 1.165) is 0 Å². The van der Waals surface area contributed by atoms with Crippen molar-refractivity contribution in [3.8, 4) is 0 Å². The number of hydroxylamine groups is 1. The molecule has 5 nitrogen and oxygen atoms in total. The summed E-state index contributed by atoms with van der Waals surface area (Å²) in [7, 11) is 0. The maximum Gasteiger partial charge on any atom is 0.275 e. The molecule has 0 aliphatic rings. The summed E-state index contributed by atoms with van der Waals surface area (Å²) >= 11 is 0. The molecule has 0 amide bonds. The van der Waals surface area contributed by atoms with E-state index in [9.17, 15) is 4.79 Å². The van der Waals surface area contributed by atoms with Crippen LogP contribution in [0.3, 0.4) is 0 Å². The van der Waals surface area contributed by atoms with Crippen molar-refractivity contribution < 1.29 is 14.7 Å². The van der Waals surface area contributed by atoms with Crippen molar-refractivity contribution >= 4 is 5.97 Å². The van der Waals surface area contributed by atoms with E-state index in [4.69, 9.17) is 5.11 Å². The number of hydrogen-bond acceptors (Lipinski definition) is 3. The van der Waals surface area contributed by atoms with E-state index in [2.05, 4.69) is 10.3 Å². The van der Waals surface area contributed by atoms with Crippen LogP contribution in [0.1, 0.15) is 13.3 Å². The van der Waals surface area contributed by atoms with Crippen LogP contribution in [0.15, 0.2) is 0 Å².